The maximum Gasteiger partial charge on any atom is 0.251 e. The molecule has 100 valence electrons. The van der Waals surface area contributed by atoms with Gasteiger partial charge in [0.15, 0.2) is 0 Å². The lowest BCUT2D eigenvalue weighted by Gasteiger charge is -2.08. The number of halogens is 1. The summed E-state index contributed by atoms with van der Waals surface area (Å²) >= 11 is 5.79. The lowest BCUT2D eigenvalue weighted by molar-refractivity contribution is 0.0757. The summed E-state index contributed by atoms with van der Waals surface area (Å²) in [5.41, 5.74) is 6.56. The highest BCUT2D eigenvalue weighted by molar-refractivity contribution is 6.33. The van der Waals surface area contributed by atoms with Crippen LogP contribution < -0.4 is 11.1 Å². The van der Waals surface area contributed by atoms with Gasteiger partial charge in [-0.1, -0.05) is 11.6 Å². The average Bonchev–Trinajstić information content (AvgIpc) is 2.31. The molecule has 18 heavy (non-hydrogen) atoms. The fourth-order valence-corrected chi connectivity index (χ4v) is 1.50. The summed E-state index contributed by atoms with van der Waals surface area (Å²) in [5.74, 6) is -0.150. The second-order valence-electron chi connectivity index (χ2n) is 4.27. The summed E-state index contributed by atoms with van der Waals surface area (Å²) in [6.45, 7) is 5.18. The highest BCUT2D eigenvalue weighted by atomic mass is 35.5. The first-order chi connectivity index (χ1) is 8.50. The molecule has 1 aromatic carbocycles. The number of carbonyl (C=O) groups excluding carboxylic acids is 1. The fraction of sp³-hybridized carbons (Fsp3) is 0.462. The van der Waals surface area contributed by atoms with Crippen LogP contribution in [0.3, 0.4) is 0 Å². The van der Waals surface area contributed by atoms with Crippen molar-refractivity contribution in [3.63, 3.8) is 0 Å². The average molecular weight is 271 g/mol. The summed E-state index contributed by atoms with van der Waals surface area (Å²) in [7, 11) is 0. The topological polar surface area (TPSA) is 64.3 Å². The van der Waals surface area contributed by atoms with Crippen LogP contribution >= 0.6 is 11.6 Å². The molecule has 0 heterocycles. The number of rotatable bonds is 6. The van der Waals surface area contributed by atoms with Crippen molar-refractivity contribution in [2.24, 2.45) is 0 Å². The first kappa shape index (κ1) is 14.8. The molecule has 0 fully saturated rings. The number of nitrogens with one attached hydrogen (secondary N) is 1. The smallest absolute Gasteiger partial charge is 0.251 e. The second-order valence-corrected chi connectivity index (χ2v) is 4.67. The van der Waals surface area contributed by atoms with Gasteiger partial charge in [-0.05, 0) is 38.5 Å². The standard InChI is InChI=1S/C13H19ClN2O2/c1-9(2)18-7-3-6-16-13(17)10-4-5-11(14)12(15)8-10/h4-5,8-9H,3,6-7,15H2,1-2H3,(H,16,17). The van der Waals surface area contributed by atoms with Gasteiger partial charge in [0.1, 0.15) is 0 Å². The number of nitrogen functional groups attached to an aromatic ring is 1. The van der Waals surface area contributed by atoms with Crippen LogP contribution in [0.15, 0.2) is 18.2 Å². The monoisotopic (exact) mass is 270 g/mol. The molecular formula is C13H19ClN2O2. The van der Waals surface area contributed by atoms with Gasteiger partial charge in [0.05, 0.1) is 16.8 Å². The molecule has 1 aromatic rings. The van der Waals surface area contributed by atoms with Crippen LogP contribution in [-0.2, 0) is 4.74 Å². The Morgan fingerprint density at radius 2 is 2.22 bits per heavy atom. The second kappa shape index (κ2) is 7.24. The van der Waals surface area contributed by atoms with Crippen molar-refractivity contribution in [2.45, 2.75) is 26.4 Å². The molecule has 0 radical (unpaired) electrons. The van der Waals surface area contributed by atoms with E-state index in [1.807, 2.05) is 13.8 Å². The third-order valence-electron chi connectivity index (χ3n) is 2.32. The molecule has 1 amide bonds. The molecule has 3 N–H and O–H groups in total. The fourth-order valence-electron chi connectivity index (χ4n) is 1.38. The summed E-state index contributed by atoms with van der Waals surface area (Å²) in [5, 5.41) is 3.26. The van der Waals surface area contributed by atoms with Gasteiger partial charge in [0.25, 0.3) is 5.91 Å². The van der Waals surface area contributed by atoms with Crippen molar-refractivity contribution in [3.05, 3.63) is 28.8 Å². The number of hydrogen-bond donors (Lipinski definition) is 2. The zero-order chi connectivity index (χ0) is 13.5. The minimum Gasteiger partial charge on any atom is -0.398 e. The summed E-state index contributed by atoms with van der Waals surface area (Å²) in [4.78, 5) is 11.8. The molecule has 0 atom stereocenters. The van der Waals surface area contributed by atoms with Crippen molar-refractivity contribution >= 4 is 23.2 Å². The molecule has 5 heteroatoms. The SMILES string of the molecule is CC(C)OCCCNC(=O)c1ccc(Cl)c(N)c1. The van der Waals surface area contributed by atoms with Crippen LogP contribution in [-0.4, -0.2) is 25.2 Å². The van der Waals surface area contributed by atoms with Crippen LogP contribution in [0.4, 0.5) is 5.69 Å². The number of nitrogens with two attached hydrogens (primary N) is 1. The third-order valence-corrected chi connectivity index (χ3v) is 2.66. The maximum atomic E-state index is 11.8. The molecule has 0 saturated heterocycles. The van der Waals surface area contributed by atoms with Crippen LogP contribution in [0.2, 0.25) is 5.02 Å². The Balaban J connectivity index is 2.34. The molecule has 0 aromatic heterocycles. The van der Waals surface area contributed by atoms with Crippen molar-refractivity contribution in [1.29, 1.82) is 0 Å². The van der Waals surface area contributed by atoms with Gasteiger partial charge in [0.2, 0.25) is 0 Å². The summed E-state index contributed by atoms with van der Waals surface area (Å²) < 4.78 is 5.38. The van der Waals surface area contributed by atoms with E-state index < -0.39 is 0 Å². The molecule has 0 spiro atoms. The van der Waals surface area contributed by atoms with Crippen LogP contribution in [0.25, 0.3) is 0 Å². The zero-order valence-corrected chi connectivity index (χ0v) is 11.5. The summed E-state index contributed by atoms with van der Waals surface area (Å²) in [6.07, 6.45) is 1.00. The van der Waals surface area contributed by atoms with Crippen molar-refractivity contribution in [1.82, 2.24) is 5.32 Å². The van der Waals surface area contributed by atoms with E-state index in [4.69, 9.17) is 22.1 Å². The van der Waals surface area contributed by atoms with E-state index >= 15 is 0 Å². The highest BCUT2D eigenvalue weighted by Crippen LogP contribution is 2.19. The normalized spacial score (nSPS) is 10.7. The number of amides is 1. The number of carbonyl (C=O) groups is 1. The van der Waals surface area contributed by atoms with Gasteiger partial charge < -0.3 is 15.8 Å². The van der Waals surface area contributed by atoms with Crippen LogP contribution in [0, 0.1) is 0 Å². The maximum absolute atomic E-state index is 11.8. The van der Waals surface area contributed by atoms with Gasteiger partial charge in [0, 0.05) is 18.7 Å². The Hall–Kier alpha value is -1.26. The van der Waals surface area contributed by atoms with Crippen molar-refractivity contribution in [3.8, 4) is 0 Å². The minimum atomic E-state index is -0.150. The van der Waals surface area contributed by atoms with Gasteiger partial charge in [-0.15, -0.1) is 0 Å². The quantitative estimate of drug-likeness (QED) is 0.616. The Morgan fingerprint density at radius 3 is 2.83 bits per heavy atom. The molecule has 0 aliphatic heterocycles. The Morgan fingerprint density at radius 1 is 1.50 bits per heavy atom. The van der Waals surface area contributed by atoms with E-state index in [2.05, 4.69) is 5.32 Å². The molecular weight excluding hydrogens is 252 g/mol. The summed E-state index contributed by atoms with van der Waals surface area (Å²) in [6, 6.07) is 4.84. The van der Waals surface area contributed by atoms with E-state index in [1.54, 1.807) is 18.2 Å². The van der Waals surface area contributed by atoms with Crippen molar-refractivity contribution in [2.75, 3.05) is 18.9 Å². The molecule has 1 rings (SSSR count). The number of hydrogen-bond acceptors (Lipinski definition) is 3. The van der Waals surface area contributed by atoms with Gasteiger partial charge >= 0.3 is 0 Å². The van der Waals surface area contributed by atoms with E-state index in [9.17, 15) is 4.79 Å². The van der Waals surface area contributed by atoms with Gasteiger partial charge in [-0.3, -0.25) is 4.79 Å². The predicted octanol–water partition coefficient (Wildman–Crippen LogP) is 2.47. The largest absolute Gasteiger partial charge is 0.398 e. The van der Waals surface area contributed by atoms with E-state index in [0.717, 1.165) is 6.42 Å². The molecule has 0 unspecified atom stereocenters. The van der Waals surface area contributed by atoms with Crippen molar-refractivity contribution < 1.29 is 9.53 Å². The number of ether oxygens (including phenoxy) is 1. The van der Waals surface area contributed by atoms with E-state index in [1.165, 1.54) is 0 Å². The predicted molar refractivity (Wildman–Crippen MR) is 73.9 cm³/mol. The Bertz CT molecular complexity index is 408. The highest BCUT2D eigenvalue weighted by Gasteiger charge is 2.06. The van der Waals surface area contributed by atoms with E-state index in [-0.39, 0.29) is 12.0 Å². The zero-order valence-electron chi connectivity index (χ0n) is 10.7. The first-order valence-electron chi connectivity index (χ1n) is 5.95. The Labute approximate surface area is 112 Å². The Kier molecular flexibility index (Phi) is 5.95. The lowest BCUT2D eigenvalue weighted by atomic mass is 10.2. The van der Waals surface area contributed by atoms with E-state index in [0.29, 0.717) is 29.4 Å². The van der Waals surface area contributed by atoms with Crippen LogP contribution in [0.5, 0.6) is 0 Å². The van der Waals surface area contributed by atoms with Gasteiger partial charge in [-0.25, -0.2) is 0 Å². The first-order valence-corrected chi connectivity index (χ1v) is 6.33. The third kappa shape index (κ3) is 4.94. The molecule has 0 aliphatic carbocycles. The molecule has 0 saturated carbocycles. The molecule has 4 nitrogen and oxygen atoms in total. The number of benzene rings is 1. The van der Waals surface area contributed by atoms with Gasteiger partial charge in [-0.2, -0.15) is 0 Å². The molecule has 0 aliphatic rings. The lowest BCUT2D eigenvalue weighted by Crippen LogP contribution is -2.25. The van der Waals surface area contributed by atoms with Crippen LogP contribution in [0.1, 0.15) is 30.6 Å². The molecule has 0 bridgehead atoms. The number of anilines is 1. The minimum absolute atomic E-state index is 0.150.